The Morgan fingerprint density at radius 2 is 2.12 bits per heavy atom. The molecule has 0 atom stereocenters. The number of rotatable bonds is 9. The van der Waals surface area contributed by atoms with Crippen LogP contribution in [0.1, 0.15) is 19.4 Å². The van der Waals surface area contributed by atoms with Crippen LogP contribution in [0.4, 0.5) is 5.69 Å². The molecular formula is C19H28N4OS. The molecule has 0 amide bonds. The molecule has 136 valence electrons. The molecule has 5 nitrogen and oxygen atoms in total. The van der Waals surface area contributed by atoms with Crippen molar-refractivity contribution in [2.75, 3.05) is 42.7 Å². The normalized spacial score (nSPS) is 12.0. The Balaban J connectivity index is 2.00. The van der Waals surface area contributed by atoms with Gasteiger partial charge in [0.05, 0.1) is 24.2 Å². The summed E-state index contributed by atoms with van der Waals surface area (Å²) in [5.41, 5.74) is 3.90. The summed E-state index contributed by atoms with van der Waals surface area (Å²) in [5.74, 6) is 2.33. The molecule has 25 heavy (non-hydrogen) atoms. The van der Waals surface area contributed by atoms with Crippen molar-refractivity contribution >= 4 is 21.4 Å². The van der Waals surface area contributed by atoms with Crippen LogP contribution in [0, 0.1) is 5.41 Å². The van der Waals surface area contributed by atoms with Crippen molar-refractivity contribution < 1.29 is 4.74 Å². The molecule has 2 N–H and O–H groups in total. The number of pyridine rings is 2. The molecule has 0 saturated carbocycles. The Morgan fingerprint density at radius 1 is 1.32 bits per heavy atom. The van der Waals surface area contributed by atoms with Crippen LogP contribution in [0.5, 0.6) is 0 Å². The van der Waals surface area contributed by atoms with Crippen molar-refractivity contribution in [2.24, 2.45) is 0 Å². The molecule has 2 aromatic heterocycles. The quantitative estimate of drug-likeness (QED) is 0.403. The van der Waals surface area contributed by atoms with Crippen LogP contribution >= 0.6 is 10.0 Å². The number of ether oxygens (including phenoxy) is 1. The van der Waals surface area contributed by atoms with E-state index in [0.29, 0.717) is 12.4 Å². The van der Waals surface area contributed by atoms with Crippen molar-refractivity contribution in [1.82, 2.24) is 9.97 Å². The SMILES string of the molecule is CCS(C)(C)CCOCNc1cnc(-c2cccnc2)cc1C(C)=N. The van der Waals surface area contributed by atoms with Crippen LogP contribution in [-0.2, 0) is 4.74 Å². The second-order valence-corrected chi connectivity index (χ2v) is 11.0. The molecule has 2 aromatic rings. The van der Waals surface area contributed by atoms with E-state index in [0.717, 1.165) is 34.9 Å². The van der Waals surface area contributed by atoms with Crippen molar-refractivity contribution in [1.29, 1.82) is 5.41 Å². The van der Waals surface area contributed by atoms with Gasteiger partial charge in [-0.25, -0.2) is 10.0 Å². The highest BCUT2D eigenvalue weighted by atomic mass is 32.3. The lowest BCUT2D eigenvalue weighted by Gasteiger charge is -2.29. The van der Waals surface area contributed by atoms with E-state index < -0.39 is 10.0 Å². The van der Waals surface area contributed by atoms with Gasteiger partial charge in [0, 0.05) is 35.0 Å². The molecule has 0 aromatic carbocycles. The van der Waals surface area contributed by atoms with E-state index in [4.69, 9.17) is 10.1 Å². The monoisotopic (exact) mass is 360 g/mol. The molecule has 2 rings (SSSR count). The minimum atomic E-state index is -0.528. The average Bonchev–Trinajstić information content (AvgIpc) is 2.62. The van der Waals surface area contributed by atoms with E-state index in [1.165, 1.54) is 5.75 Å². The van der Waals surface area contributed by atoms with Gasteiger partial charge >= 0.3 is 0 Å². The first kappa shape index (κ1) is 19.4. The summed E-state index contributed by atoms with van der Waals surface area (Å²) >= 11 is 0. The molecule has 0 bridgehead atoms. The molecule has 0 unspecified atom stereocenters. The standard InChI is InChI=1S/C19H28N4OS/c1-5-25(3,4)10-9-24-14-23-19-13-22-18(11-17(19)15(2)20)16-7-6-8-21-12-16/h6-8,11-13,20,23H,5,9-10,14H2,1-4H3. The minimum Gasteiger partial charge on any atom is -0.361 e. The lowest BCUT2D eigenvalue weighted by molar-refractivity contribution is 0.169. The van der Waals surface area contributed by atoms with Gasteiger partial charge in [-0.2, -0.15) is 0 Å². The van der Waals surface area contributed by atoms with Crippen LogP contribution in [0.3, 0.4) is 0 Å². The number of nitrogens with zero attached hydrogens (tertiary/aromatic N) is 2. The largest absolute Gasteiger partial charge is 0.361 e. The number of hydrogen-bond donors (Lipinski definition) is 2. The average molecular weight is 361 g/mol. The maximum Gasteiger partial charge on any atom is 0.116 e. The van der Waals surface area contributed by atoms with Gasteiger partial charge < -0.3 is 15.5 Å². The number of hydrogen-bond acceptors (Lipinski definition) is 5. The predicted molar refractivity (Wildman–Crippen MR) is 109 cm³/mol. The van der Waals surface area contributed by atoms with Gasteiger partial charge in [-0.1, -0.05) is 6.92 Å². The predicted octanol–water partition coefficient (Wildman–Crippen LogP) is 4.00. The second-order valence-electron chi connectivity index (χ2n) is 6.47. The zero-order valence-electron chi connectivity index (χ0n) is 15.5. The zero-order valence-corrected chi connectivity index (χ0v) is 16.3. The number of nitrogens with one attached hydrogen (secondary N) is 2. The Morgan fingerprint density at radius 3 is 2.76 bits per heavy atom. The maximum atomic E-state index is 8.04. The van der Waals surface area contributed by atoms with Crippen LogP contribution < -0.4 is 5.32 Å². The first-order valence-corrected chi connectivity index (χ1v) is 11.2. The Labute approximate surface area is 152 Å². The Hall–Kier alpha value is -1.92. The number of aromatic nitrogens is 2. The van der Waals surface area contributed by atoms with E-state index >= 15 is 0 Å². The third-order valence-electron chi connectivity index (χ3n) is 4.19. The lowest BCUT2D eigenvalue weighted by atomic mass is 10.1. The van der Waals surface area contributed by atoms with Crippen molar-refractivity contribution in [2.45, 2.75) is 13.8 Å². The van der Waals surface area contributed by atoms with Crippen LogP contribution in [-0.4, -0.2) is 53.0 Å². The zero-order chi connectivity index (χ0) is 18.3. The smallest absolute Gasteiger partial charge is 0.116 e. The fourth-order valence-corrected chi connectivity index (χ4v) is 3.07. The molecule has 0 saturated heterocycles. The highest BCUT2D eigenvalue weighted by Gasteiger charge is 2.10. The molecule has 0 radical (unpaired) electrons. The van der Waals surface area contributed by atoms with Gasteiger partial charge in [0.15, 0.2) is 0 Å². The Kier molecular flexibility index (Phi) is 6.96. The van der Waals surface area contributed by atoms with E-state index in [1.54, 1.807) is 25.5 Å². The first-order chi connectivity index (χ1) is 11.9. The molecule has 0 aliphatic carbocycles. The summed E-state index contributed by atoms with van der Waals surface area (Å²) in [6.45, 7) is 5.19. The molecule has 6 heteroatoms. The third-order valence-corrected chi connectivity index (χ3v) is 7.03. The summed E-state index contributed by atoms with van der Waals surface area (Å²) in [5, 5.41) is 11.3. The first-order valence-electron chi connectivity index (χ1n) is 8.39. The molecule has 2 heterocycles. The third kappa shape index (κ3) is 5.83. The van der Waals surface area contributed by atoms with Gasteiger partial charge in [-0.05, 0) is 43.4 Å². The summed E-state index contributed by atoms with van der Waals surface area (Å²) in [7, 11) is -0.528. The highest BCUT2D eigenvalue weighted by molar-refractivity contribution is 8.32. The fraction of sp³-hybridized carbons (Fsp3) is 0.421. The van der Waals surface area contributed by atoms with E-state index in [9.17, 15) is 0 Å². The van der Waals surface area contributed by atoms with Gasteiger partial charge in [-0.15, -0.1) is 0 Å². The minimum absolute atomic E-state index is 0.424. The Bertz CT molecular complexity index is 704. The summed E-state index contributed by atoms with van der Waals surface area (Å²) < 4.78 is 5.73. The van der Waals surface area contributed by atoms with Gasteiger partial charge in [0.25, 0.3) is 0 Å². The van der Waals surface area contributed by atoms with Gasteiger partial charge in [0.2, 0.25) is 0 Å². The van der Waals surface area contributed by atoms with Crippen molar-refractivity contribution in [3.8, 4) is 11.3 Å². The van der Waals surface area contributed by atoms with Gasteiger partial charge in [0.1, 0.15) is 6.73 Å². The van der Waals surface area contributed by atoms with Crippen molar-refractivity contribution in [3.63, 3.8) is 0 Å². The van der Waals surface area contributed by atoms with E-state index in [2.05, 4.69) is 34.7 Å². The summed E-state index contributed by atoms with van der Waals surface area (Å²) in [4.78, 5) is 8.62. The van der Waals surface area contributed by atoms with Gasteiger partial charge in [-0.3, -0.25) is 9.97 Å². The molecule has 0 fully saturated rings. The highest BCUT2D eigenvalue weighted by Crippen LogP contribution is 2.38. The lowest BCUT2D eigenvalue weighted by Crippen LogP contribution is -2.15. The van der Waals surface area contributed by atoms with E-state index in [-0.39, 0.29) is 0 Å². The molecule has 0 spiro atoms. The maximum absolute atomic E-state index is 8.04. The topological polar surface area (TPSA) is 70.9 Å². The summed E-state index contributed by atoms with van der Waals surface area (Å²) in [6.07, 6.45) is 9.95. The number of anilines is 1. The van der Waals surface area contributed by atoms with Crippen LogP contribution in [0.25, 0.3) is 11.3 Å². The molecule has 0 aliphatic heterocycles. The van der Waals surface area contributed by atoms with E-state index in [1.807, 2.05) is 18.2 Å². The fourth-order valence-electron chi connectivity index (χ4n) is 2.21. The molecule has 0 aliphatic rings. The van der Waals surface area contributed by atoms with Crippen molar-refractivity contribution in [3.05, 3.63) is 42.4 Å². The summed E-state index contributed by atoms with van der Waals surface area (Å²) in [6, 6.07) is 5.77. The van der Waals surface area contributed by atoms with Crippen LogP contribution in [0.15, 0.2) is 36.8 Å². The van der Waals surface area contributed by atoms with Crippen LogP contribution in [0.2, 0.25) is 0 Å². The molecular weight excluding hydrogens is 332 g/mol. The second kappa shape index (κ2) is 8.97.